The summed E-state index contributed by atoms with van der Waals surface area (Å²) < 4.78 is 17.5. The Morgan fingerprint density at radius 1 is 0.757 bits per heavy atom. The Hall–Kier alpha value is -4.84. The zero-order valence-electron chi connectivity index (χ0n) is 20.4. The maximum atomic E-state index is 12.5. The van der Waals surface area contributed by atoms with E-state index in [1.54, 1.807) is 24.3 Å². The first-order valence-corrected chi connectivity index (χ1v) is 12.0. The quantitative estimate of drug-likeness (QED) is 0.242. The lowest BCUT2D eigenvalue weighted by Gasteiger charge is -2.16. The fourth-order valence-corrected chi connectivity index (χ4v) is 3.90. The molecule has 184 valence electrons. The number of amides is 1. The molecule has 0 aliphatic carbocycles. The molecule has 0 atom stereocenters. The zero-order valence-corrected chi connectivity index (χ0v) is 20.4. The van der Waals surface area contributed by atoms with Crippen LogP contribution in [0, 0.1) is 6.92 Å². The minimum absolute atomic E-state index is 0.0133. The lowest BCUT2D eigenvalue weighted by molar-refractivity contribution is 0.153. The van der Waals surface area contributed by atoms with E-state index in [-0.39, 0.29) is 6.61 Å². The number of carbonyl (C=O) groups excluding carboxylic acids is 1. The first-order chi connectivity index (χ1) is 18.2. The van der Waals surface area contributed by atoms with E-state index >= 15 is 0 Å². The van der Waals surface area contributed by atoms with E-state index in [0.717, 1.165) is 33.5 Å². The van der Waals surface area contributed by atoms with Crippen molar-refractivity contribution in [2.45, 2.75) is 20.1 Å². The van der Waals surface area contributed by atoms with Crippen molar-refractivity contribution < 1.29 is 19.0 Å². The number of rotatable bonds is 8. The summed E-state index contributed by atoms with van der Waals surface area (Å²) >= 11 is 0. The topological polar surface area (TPSA) is 69.7 Å². The van der Waals surface area contributed by atoms with Gasteiger partial charge in [0.15, 0.2) is 0 Å². The maximum Gasteiger partial charge on any atom is 0.412 e. The summed E-state index contributed by atoms with van der Waals surface area (Å²) in [5, 5.41) is 3.66. The largest absolute Gasteiger partial charge is 0.488 e. The third kappa shape index (κ3) is 6.05. The molecule has 1 heterocycles. The van der Waals surface area contributed by atoms with Crippen molar-refractivity contribution in [1.82, 2.24) is 4.98 Å². The molecule has 37 heavy (non-hydrogen) atoms. The second-order valence-corrected chi connectivity index (χ2v) is 8.44. The number of fused-ring (bicyclic) bond motifs is 1. The minimum atomic E-state index is -0.571. The Balaban J connectivity index is 1.24. The summed E-state index contributed by atoms with van der Waals surface area (Å²) in [4.78, 5) is 17.2. The number of carbonyl (C=O) groups is 1. The number of anilines is 1. The highest BCUT2D eigenvalue weighted by atomic mass is 16.5. The molecule has 6 heteroatoms. The third-order valence-corrected chi connectivity index (χ3v) is 5.82. The monoisotopic (exact) mass is 490 g/mol. The molecule has 0 aliphatic rings. The third-order valence-electron chi connectivity index (χ3n) is 5.82. The molecule has 1 amide bonds. The van der Waals surface area contributed by atoms with Crippen LogP contribution in [0.1, 0.15) is 16.8 Å². The van der Waals surface area contributed by atoms with Crippen LogP contribution in [0.2, 0.25) is 0 Å². The average molecular weight is 491 g/mol. The Morgan fingerprint density at radius 3 is 2.16 bits per heavy atom. The van der Waals surface area contributed by atoms with Crippen LogP contribution in [-0.4, -0.2) is 11.1 Å². The Morgan fingerprint density at radius 2 is 1.41 bits per heavy atom. The van der Waals surface area contributed by atoms with Gasteiger partial charge in [-0.15, -0.1) is 0 Å². The van der Waals surface area contributed by atoms with E-state index in [4.69, 9.17) is 19.2 Å². The van der Waals surface area contributed by atoms with Crippen LogP contribution in [0.25, 0.3) is 10.9 Å². The van der Waals surface area contributed by atoms with Gasteiger partial charge in [0, 0.05) is 16.6 Å². The van der Waals surface area contributed by atoms with Crippen LogP contribution in [0.15, 0.2) is 109 Å². The number of pyridine rings is 1. The van der Waals surface area contributed by atoms with Crippen molar-refractivity contribution in [3.63, 3.8) is 0 Å². The zero-order chi connectivity index (χ0) is 25.5. The number of nitrogens with zero attached hydrogens (tertiary/aromatic N) is 1. The maximum absolute atomic E-state index is 12.5. The molecule has 0 bridgehead atoms. The molecule has 1 N–H and O–H groups in total. The van der Waals surface area contributed by atoms with Crippen molar-refractivity contribution in [1.29, 1.82) is 0 Å². The molecule has 0 unspecified atom stereocenters. The van der Waals surface area contributed by atoms with E-state index in [1.165, 1.54) is 0 Å². The van der Waals surface area contributed by atoms with Gasteiger partial charge in [-0.05, 0) is 61.0 Å². The summed E-state index contributed by atoms with van der Waals surface area (Å²) in [5.41, 5.74) is 3.93. The number of benzene rings is 4. The van der Waals surface area contributed by atoms with Gasteiger partial charge >= 0.3 is 6.09 Å². The summed E-state index contributed by atoms with van der Waals surface area (Å²) in [6.07, 6.45) is -0.571. The Labute approximate surface area is 215 Å². The number of hydrogen-bond acceptors (Lipinski definition) is 5. The minimum Gasteiger partial charge on any atom is -0.488 e. The smallest absolute Gasteiger partial charge is 0.412 e. The van der Waals surface area contributed by atoms with E-state index in [0.29, 0.717) is 23.7 Å². The highest BCUT2D eigenvalue weighted by Crippen LogP contribution is 2.31. The van der Waals surface area contributed by atoms with Gasteiger partial charge in [-0.25, -0.2) is 9.78 Å². The molecule has 5 rings (SSSR count). The molecule has 0 aliphatic heterocycles. The second-order valence-electron chi connectivity index (χ2n) is 8.44. The second kappa shape index (κ2) is 11.3. The molecular formula is C31H26N2O4. The molecule has 0 saturated heterocycles. The van der Waals surface area contributed by atoms with Gasteiger partial charge in [0.25, 0.3) is 0 Å². The van der Waals surface area contributed by atoms with Crippen molar-refractivity contribution >= 4 is 22.7 Å². The predicted molar refractivity (Wildman–Crippen MR) is 144 cm³/mol. The van der Waals surface area contributed by atoms with E-state index in [9.17, 15) is 4.79 Å². The van der Waals surface area contributed by atoms with Crippen LogP contribution in [-0.2, 0) is 18.0 Å². The van der Waals surface area contributed by atoms with Crippen molar-refractivity contribution in [2.75, 3.05) is 5.32 Å². The van der Waals surface area contributed by atoms with Gasteiger partial charge in [-0.1, -0.05) is 60.7 Å². The molecule has 5 aromatic rings. The molecule has 4 aromatic carbocycles. The first kappa shape index (κ1) is 23.9. The lowest BCUT2D eigenvalue weighted by atomic mass is 10.1. The van der Waals surface area contributed by atoms with Crippen LogP contribution >= 0.6 is 0 Å². The van der Waals surface area contributed by atoms with Gasteiger partial charge in [0.1, 0.15) is 30.5 Å². The fraction of sp³-hybridized carbons (Fsp3) is 0.0968. The Bertz CT molecular complexity index is 1490. The van der Waals surface area contributed by atoms with E-state index < -0.39 is 6.09 Å². The molecule has 0 radical (unpaired) electrons. The van der Waals surface area contributed by atoms with E-state index in [2.05, 4.69) is 5.32 Å². The van der Waals surface area contributed by atoms with Gasteiger partial charge in [0.05, 0.1) is 11.2 Å². The van der Waals surface area contributed by atoms with Gasteiger partial charge in [0.2, 0.25) is 0 Å². The van der Waals surface area contributed by atoms with Crippen molar-refractivity contribution in [3.8, 4) is 17.2 Å². The van der Waals surface area contributed by atoms with Crippen molar-refractivity contribution in [3.05, 3.63) is 126 Å². The molecule has 6 nitrogen and oxygen atoms in total. The normalized spacial score (nSPS) is 10.6. The summed E-state index contributed by atoms with van der Waals surface area (Å²) in [6.45, 7) is 2.38. The number of para-hydroxylation sites is 2. The fourth-order valence-electron chi connectivity index (χ4n) is 3.90. The highest BCUT2D eigenvalue weighted by Gasteiger charge is 2.15. The lowest BCUT2D eigenvalue weighted by Crippen LogP contribution is -2.14. The first-order valence-electron chi connectivity index (χ1n) is 12.0. The molecule has 1 aromatic heterocycles. The molecule has 0 spiro atoms. The number of aromatic nitrogens is 1. The van der Waals surface area contributed by atoms with Gasteiger partial charge < -0.3 is 14.2 Å². The standard InChI is InChI=1S/C31H26N2O4/c1-22-29(33-28-15-9-8-14-27(28)30(22)35-20-23-10-4-2-5-11-23)21-36-31(34)32-24-16-18-26(19-17-24)37-25-12-6-3-7-13-25/h2-19H,20-21H2,1H3,(H,32,34). The number of ether oxygens (including phenoxy) is 3. The summed E-state index contributed by atoms with van der Waals surface area (Å²) in [6, 6.07) is 34.4. The van der Waals surface area contributed by atoms with Crippen LogP contribution in [0.4, 0.5) is 10.5 Å². The number of hydrogen-bond donors (Lipinski definition) is 1. The number of nitrogens with one attached hydrogen (secondary N) is 1. The predicted octanol–water partition coefficient (Wildman–Crippen LogP) is 7.66. The Kier molecular flexibility index (Phi) is 7.27. The summed E-state index contributed by atoms with van der Waals surface area (Å²) in [5.74, 6) is 2.15. The summed E-state index contributed by atoms with van der Waals surface area (Å²) in [7, 11) is 0. The highest BCUT2D eigenvalue weighted by molar-refractivity contribution is 5.87. The van der Waals surface area contributed by atoms with Gasteiger partial charge in [-0.2, -0.15) is 0 Å². The van der Waals surface area contributed by atoms with Gasteiger partial charge in [-0.3, -0.25) is 5.32 Å². The molecule has 0 fully saturated rings. The SMILES string of the molecule is Cc1c(COC(=O)Nc2ccc(Oc3ccccc3)cc2)nc2ccccc2c1OCc1ccccc1. The van der Waals surface area contributed by atoms with Crippen LogP contribution in [0.3, 0.4) is 0 Å². The average Bonchev–Trinajstić information content (AvgIpc) is 2.94. The molecular weight excluding hydrogens is 464 g/mol. The van der Waals surface area contributed by atoms with Crippen LogP contribution in [0.5, 0.6) is 17.2 Å². The molecule has 0 saturated carbocycles. The van der Waals surface area contributed by atoms with Crippen LogP contribution < -0.4 is 14.8 Å². The van der Waals surface area contributed by atoms with Crippen molar-refractivity contribution in [2.24, 2.45) is 0 Å². The van der Waals surface area contributed by atoms with E-state index in [1.807, 2.05) is 91.9 Å².